The summed E-state index contributed by atoms with van der Waals surface area (Å²) in [5.41, 5.74) is 3.14. The van der Waals surface area contributed by atoms with Crippen molar-refractivity contribution in [1.29, 1.82) is 5.26 Å². The number of nitrogens with one attached hydrogen (secondary N) is 1. The van der Waals surface area contributed by atoms with Crippen molar-refractivity contribution >= 4 is 22.9 Å². The molecule has 33 heavy (non-hydrogen) atoms. The van der Waals surface area contributed by atoms with Gasteiger partial charge in [-0.05, 0) is 50.0 Å². The van der Waals surface area contributed by atoms with Gasteiger partial charge in [0.15, 0.2) is 0 Å². The van der Waals surface area contributed by atoms with E-state index in [0.717, 1.165) is 60.2 Å². The summed E-state index contributed by atoms with van der Waals surface area (Å²) in [6.45, 7) is 4.58. The first-order valence-electron chi connectivity index (χ1n) is 11.4. The van der Waals surface area contributed by atoms with Crippen molar-refractivity contribution in [1.82, 2.24) is 9.88 Å². The molecule has 1 N–H and O–H groups in total. The minimum atomic E-state index is -0.364. The number of aryl methyl sites for hydroxylation is 2. The summed E-state index contributed by atoms with van der Waals surface area (Å²) in [5, 5.41) is 13.4. The Bertz CT molecular complexity index is 1180. The third kappa shape index (κ3) is 5.63. The molecule has 1 atom stereocenters. The molecular weight excluding hydrogens is 414 g/mol. The zero-order chi connectivity index (χ0) is 23.0. The first-order chi connectivity index (χ1) is 16.2. The van der Waals surface area contributed by atoms with Crippen LogP contribution in [0.3, 0.4) is 0 Å². The van der Waals surface area contributed by atoms with Crippen molar-refractivity contribution in [3.8, 4) is 11.8 Å². The second-order valence-corrected chi connectivity index (χ2v) is 8.28. The molecule has 0 aliphatic carbocycles. The van der Waals surface area contributed by atoms with Crippen LogP contribution in [0.1, 0.15) is 30.4 Å². The predicted molar refractivity (Wildman–Crippen MR) is 129 cm³/mol. The number of carbonyl (C=O) groups excluding carboxylic acids is 1. The summed E-state index contributed by atoms with van der Waals surface area (Å²) in [4.78, 5) is 12.6. The lowest BCUT2D eigenvalue weighted by Crippen LogP contribution is -2.32. The van der Waals surface area contributed by atoms with Crippen LogP contribution in [0.2, 0.25) is 0 Å². The third-order valence-corrected chi connectivity index (χ3v) is 5.89. The van der Waals surface area contributed by atoms with Gasteiger partial charge in [-0.25, -0.2) is 0 Å². The predicted octanol–water partition coefficient (Wildman–Crippen LogP) is 4.62. The highest BCUT2D eigenvalue weighted by Crippen LogP contribution is 2.24. The van der Waals surface area contributed by atoms with Crippen molar-refractivity contribution in [2.75, 3.05) is 19.8 Å². The topological polar surface area (TPSA) is 76.3 Å². The number of hydrogen-bond donors (Lipinski definition) is 1. The van der Waals surface area contributed by atoms with Crippen LogP contribution in [0.4, 0.5) is 0 Å². The maximum Gasteiger partial charge on any atom is 0.262 e. The molecule has 1 aliphatic rings. The second kappa shape index (κ2) is 10.8. The highest BCUT2D eigenvalue weighted by Gasteiger charge is 2.18. The first-order valence-corrected chi connectivity index (χ1v) is 11.4. The summed E-state index contributed by atoms with van der Waals surface area (Å²) < 4.78 is 13.6. The van der Waals surface area contributed by atoms with Gasteiger partial charge in [0.2, 0.25) is 0 Å². The van der Waals surface area contributed by atoms with Gasteiger partial charge < -0.3 is 19.4 Å². The average Bonchev–Trinajstić information content (AvgIpc) is 3.48. The molecule has 6 nitrogen and oxygen atoms in total. The summed E-state index contributed by atoms with van der Waals surface area (Å²) in [6, 6.07) is 18.1. The second-order valence-electron chi connectivity index (χ2n) is 8.28. The number of amides is 1. The largest absolute Gasteiger partial charge is 0.493 e. The normalized spacial score (nSPS) is 16.0. The van der Waals surface area contributed by atoms with Gasteiger partial charge in [0.05, 0.1) is 12.7 Å². The Morgan fingerprint density at radius 3 is 2.88 bits per heavy atom. The number of carbonyl (C=O) groups is 1. The van der Waals surface area contributed by atoms with E-state index in [9.17, 15) is 10.1 Å². The average molecular weight is 444 g/mol. The van der Waals surface area contributed by atoms with Crippen LogP contribution in [0.25, 0.3) is 17.0 Å². The van der Waals surface area contributed by atoms with Gasteiger partial charge in [-0.2, -0.15) is 5.26 Å². The van der Waals surface area contributed by atoms with Crippen LogP contribution in [-0.2, 0) is 16.1 Å². The van der Waals surface area contributed by atoms with Gasteiger partial charge in [0, 0.05) is 42.4 Å². The van der Waals surface area contributed by atoms with Gasteiger partial charge in [-0.3, -0.25) is 4.79 Å². The highest BCUT2D eigenvalue weighted by atomic mass is 16.5. The molecule has 6 heteroatoms. The number of aromatic nitrogens is 1. The number of benzene rings is 2. The minimum absolute atomic E-state index is 0.0395. The molecule has 2 heterocycles. The van der Waals surface area contributed by atoms with Crippen LogP contribution in [0.15, 0.2) is 60.3 Å². The molecule has 0 saturated carbocycles. The van der Waals surface area contributed by atoms with E-state index in [2.05, 4.69) is 22.0 Å². The van der Waals surface area contributed by atoms with E-state index in [4.69, 9.17) is 9.47 Å². The number of fused-ring (bicyclic) bond motifs is 1. The van der Waals surface area contributed by atoms with Crippen LogP contribution < -0.4 is 10.1 Å². The monoisotopic (exact) mass is 443 g/mol. The van der Waals surface area contributed by atoms with Gasteiger partial charge in [-0.1, -0.05) is 36.4 Å². The Hall–Kier alpha value is -3.56. The standard InChI is InChI=1S/C27H29N3O3/c1-20-8-2-5-12-26(20)33-15-7-13-30-19-22(24-10-3-4-11-25(24)30)16-21(17-28)27(31)29-18-23-9-6-14-32-23/h2-5,8,10-12,16,19,23H,6-7,9,13-15,18H2,1H3,(H,29,31)/b21-16+/t23-/m0/s1. The maximum atomic E-state index is 12.6. The number of hydrogen-bond acceptors (Lipinski definition) is 4. The van der Waals surface area contributed by atoms with E-state index in [1.807, 2.05) is 55.6 Å². The number of rotatable bonds is 9. The van der Waals surface area contributed by atoms with Crippen LogP contribution >= 0.6 is 0 Å². The zero-order valence-electron chi connectivity index (χ0n) is 18.9. The molecule has 1 fully saturated rings. The number of ether oxygens (including phenoxy) is 2. The molecule has 0 bridgehead atoms. The molecule has 1 aliphatic heterocycles. The van der Waals surface area contributed by atoms with Gasteiger partial charge >= 0.3 is 0 Å². The Morgan fingerprint density at radius 2 is 2.09 bits per heavy atom. The SMILES string of the molecule is Cc1ccccc1OCCCn1cc(/C=C(\C#N)C(=O)NC[C@@H]2CCCO2)c2ccccc21. The summed E-state index contributed by atoms with van der Waals surface area (Å²) in [5.74, 6) is 0.544. The molecule has 170 valence electrons. The molecule has 4 rings (SSSR count). The number of para-hydroxylation sites is 2. The third-order valence-electron chi connectivity index (χ3n) is 5.89. The Balaban J connectivity index is 1.44. The zero-order valence-corrected chi connectivity index (χ0v) is 18.9. The Labute approximate surface area is 194 Å². The van der Waals surface area contributed by atoms with Crippen molar-refractivity contribution in [2.45, 2.75) is 38.8 Å². The molecule has 0 radical (unpaired) electrons. The first kappa shape index (κ1) is 22.6. The molecular formula is C27H29N3O3. The quantitative estimate of drug-likeness (QED) is 0.297. The molecule has 1 amide bonds. The van der Waals surface area contributed by atoms with E-state index in [-0.39, 0.29) is 17.6 Å². The number of nitrogens with zero attached hydrogens (tertiary/aromatic N) is 2. The highest BCUT2D eigenvalue weighted by molar-refractivity contribution is 6.04. The minimum Gasteiger partial charge on any atom is -0.493 e. The fourth-order valence-corrected chi connectivity index (χ4v) is 4.12. The van der Waals surface area contributed by atoms with E-state index in [1.54, 1.807) is 6.08 Å². The number of nitriles is 1. The molecule has 0 unspecified atom stereocenters. The van der Waals surface area contributed by atoms with Crippen molar-refractivity contribution in [3.05, 3.63) is 71.4 Å². The molecule has 0 spiro atoms. The summed E-state index contributed by atoms with van der Waals surface area (Å²) in [6.07, 6.45) is 6.50. The van der Waals surface area contributed by atoms with E-state index >= 15 is 0 Å². The van der Waals surface area contributed by atoms with Crippen molar-refractivity contribution < 1.29 is 14.3 Å². The van der Waals surface area contributed by atoms with Gasteiger partial charge in [0.25, 0.3) is 5.91 Å². The van der Waals surface area contributed by atoms with Crippen LogP contribution in [0.5, 0.6) is 5.75 Å². The molecule has 3 aromatic rings. The Morgan fingerprint density at radius 1 is 1.27 bits per heavy atom. The van der Waals surface area contributed by atoms with E-state index in [0.29, 0.717) is 13.2 Å². The summed E-state index contributed by atoms with van der Waals surface area (Å²) >= 11 is 0. The van der Waals surface area contributed by atoms with Crippen LogP contribution in [0, 0.1) is 18.3 Å². The molecule has 2 aromatic carbocycles. The van der Waals surface area contributed by atoms with Crippen molar-refractivity contribution in [2.24, 2.45) is 0 Å². The fraction of sp³-hybridized carbons (Fsp3) is 0.333. The fourth-order valence-electron chi connectivity index (χ4n) is 4.12. The molecule has 1 saturated heterocycles. The van der Waals surface area contributed by atoms with Crippen LogP contribution in [-0.4, -0.2) is 36.3 Å². The Kier molecular flexibility index (Phi) is 7.43. The lowest BCUT2D eigenvalue weighted by molar-refractivity contribution is -0.117. The maximum absolute atomic E-state index is 12.6. The lowest BCUT2D eigenvalue weighted by Gasteiger charge is -2.10. The van der Waals surface area contributed by atoms with Crippen molar-refractivity contribution in [3.63, 3.8) is 0 Å². The lowest BCUT2D eigenvalue weighted by atomic mass is 10.1. The molecule has 1 aromatic heterocycles. The van der Waals surface area contributed by atoms with E-state index < -0.39 is 0 Å². The van der Waals surface area contributed by atoms with E-state index in [1.165, 1.54) is 0 Å². The van der Waals surface area contributed by atoms with Gasteiger partial charge in [0.1, 0.15) is 17.4 Å². The summed E-state index contributed by atoms with van der Waals surface area (Å²) in [7, 11) is 0. The smallest absolute Gasteiger partial charge is 0.262 e. The van der Waals surface area contributed by atoms with Gasteiger partial charge in [-0.15, -0.1) is 0 Å².